The van der Waals surface area contributed by atoms with Crippen molar-refractivity contribution in [3.05, 3.63) is 35.9 Å². The average molecular weight is 205 g/mol. The van der Waals surface area contributed by atoms with Gasteiger partial charge in [-0.25, -0.2) is 0 Å². The van der Waals surface area contributed by atoms with Gasteiger partial charge in [0.2, 0.25) is 0 Å². The van der Waals surface area contributed by atoms with Crippen molar-refractivity contribution < 1.29 is 5.11 Å². The van der Waals surface area contributed by atoms with E-state index in [0.29, 0.717) is 5.92 Å². The van der Waals surface area contributed by atoms with Crippen molar-refractivity contribution in [1.29, 1.82) is 0 Å². The molecule has 2 atom stereocenters. The van der Waals surface area contributed by atoms with E-state index in [9.17, 15) is 5.11 Å². The number of likely N-dealkylation sites (N-methyl/N-ethyl adjacent to an activating group) is 1. The summed E-state index contributed by atoms with van der Waals surface area (Å²) < 4.78 is 0. The van der Waals surface area contributed by atoms with Crippen molar-refractivity contribution in [2.24, 2.45) is 5.92 Å². The number of nitrogens with zero attached hydrogens (tertiary/aromatic N) is 1. The van der Waals surface area contributed by atoms with Gasteiger partial charge in [0.1, 0.15) is 0 Å². The first-order valence-electron chi connectivity index (χ1n) is 5.55. The summed E-state index contributed by atoms with van der Waals surface area (Å²) in [6.07, 6.45) is 1.12. The Morgan fingerprint density at radius 2 is 2.00 bits per heavy atom. The van der Waals surface area contributed by atoms with E-state index in [0.717, 1.165) is 13.0 Å². The standard InChI is InChI=1S/C13H19NO/c1-11-8-13(11,10-15)14(2)9-12-6-4-3-5-7-12/h3-7,11,15H,8-10H2,1-2H3/t11-,13+/m1/s1. The maximum absolute atomic E-state index is 9.43. The van der Waals surface area contributed by atoms with Crippen LogP contribution in [0.2, 0.25) is 0 Å². The highest BCUT2D eigenvalue weighted by Gasteiger charge is 2.53. The molecule has 1 fully saturated rings. The van der Waals surface area contributed by atoms with Crippen LogP contribution in [0.3, 0.4) is 0 Å². The highest BCUT2D eigenvalue weighted by Crippen LogP contribution is 2.47. The third-order valence-electron chi connectivity index (χ3n) is 3.71. The molecule has 1 aliphatic carbocycles. The second kappa shape index (κ2) is 3.95. The molecule has 1 N–H and O–H groups in total. The highest BCUT2D eigenvalue weighted by atomic mass is 16.3. The van der Waals surface area contributed by atoms with Gasteiger partial charge in [0.25, 0.3) is 0 Å². The van der Waals surface area contributed by atoms with E-state index < -0.39 is 0 Å². The van der Waals surface area contributed by atoms with E-state index in [1.165, 1.54) is 5.56 Å². The third kappa shape index (κ3) is 1.92. The molecule has 0 spiro atoms. The molecule has 1 saturated carbocycles. The molecule has 2 heteroatoms. The minimum absolute atomic E-state index is 0.0514. The van der Waals surface area contributed by atoms with Crippen LogP contribution in [0.15, 0.2) is 30.3 Å². The van der Waals surface area contributed by atoms with E-state index in [4.69, 9.17) is 0 Å². The van der Waals surface area contributed by atoms with E-state index >= 15 is 0 Å². The Balaban J connectivity index is 2.01. The Kier molecular flexibility index (Phi) is 2.81. The van der Waals surface area contributed by atoms with Crippen molar-refractivity contribution in [2.45, 2.75) is 25.4 Å². The van der Waals surface area contributed by atoms with Gasteiger partial charge in [0.15, 0.2) is 0 Å². The molecule has 0 amide bonds. The normalized spacial score (nSPS) is 29.5. The summed E-state index contributed by atoms with van der Waals surface area (Å²) in [5.74, 6) is 0.621. The van der Waals surface area contributed by atoms with Crippen molar-refractivity contribution >= 4 is 0 Å². The quantitative estimate of drug-likeness (QED) is 0.811. The molecule has 0 aliphatic heterocycles. The van der Waals surface area contributed by atoms with Crippen LogP contribution in [0.4, 0.5) is 0 Å². The van der Waals surface area contributed by atoms with Crippen LogP contribution in [0, 0.1) is 5.92 Å². The smallest absolute Gasteiger partial charge is 0.0618 e. The Morgan fingerprint density at radius 1 is 1.40 bits per heavy atom. The maximum atomic E-state index is 9.43. The molecule has 0 unspecified atom stereocenters. The van der Waals surface area contributed by atoms with Crippen molar-refractivity contribution in [3.8, 4) is 0 Å². The first kappa shape index (κ1) is 10.7. The Bertz CT molecular complexity index is 321. The van der Waals surface area contributed by atoms with Crippen LogP contribution in [0.5, 0.6) is 0 Å². The number of aliphatic hydroxyl groups is 1. The van der Waals surface area contributed by atoms with Gasteiger partial charge in [-0.2, -0.15) is 0 Å². The average Bonchev–Trinajstić information content (AvgIpc) is 2.92. The molecule has 0 saturated heterocycles. The zero-order chi connectivity index (χ0) is 10.9. The van der Waals surface area contributed by atoms with Crippen LogP contribution in [-0.2, 0) is 6.54 Å². The van der Waals surface area contributed by atoms with E-state index in [1.54, 1.807) is 0 Å². The van der Waals surface area contributed by atoms with Gasteiger partial charge in [0.05, 0.1) is 6.61 Å². The van der Waals surface area contributed by atoms with Crippen molar-refractivity contribution in [1.82, 2.24) is 4.90 Å². The minimum Gasteiger partial charge on any atom is -0.394 e. The lowest BCUT2D eigenvalue weighted by atomic mass is 10.1. The molecule has 0 heterocycles. The number of benzene rings is 1. The summed E-state index contributed by atoms with van der Waals surface area (Å²) in [4.78, 5) is 2.28. The fourth-order valence-electron chi connectivity index (χ4n) is 2.36. The summed E-state index contributed by atoms with van der Waals surface area (Å²) in [7, 11) is 2.10. The first-order valence-corrected chi connectivity index (χ1v) is 5.55. The zero-order valence-electron chi connectivity index (χ0n) is 9.48. The summed E-state index contributed by atoms with van der Waals surface area (Å²) >= 11 is 0. The molecule has 82 valence electrons. The Labute approximate surface area is 91.5 Å². The minimum atomic E-state index is 0.0514. The lowest BCUT2D eigenvalue weighted by Crippen LogP contribution is -2.38. The monoisotopic (exact) mass is 205 g/mol. The largest absolute Gasteiger partial charge is 0.394 e. The summed E-state index contributed by atoms with van der Waals surface area (Å²) in [6.45, 7) is 3.40. The first-order chi connectivity index (χ1) is 7.19. The molecule has 2 rings (SSSR count). The predicted molar refractivity (Wildman–Crippen MR) is 61.5 cm³/mol. The van der Waals surface area contributed by atoms with Gasteiger partial charge in [-0.3, -0.25) is 4.90 Å². The van der Waals surface area contributed by atoms with Crippen molar-refractivity contribution in [2.75, 3.05) is 13.7 Å². The van der Waals surface area contributed by atoms with Crippen molar-refractivity contribution in [3.63, 3.8) is 0 Å². The lowest BCUT2D eigenvalue weighted by Gasteiger charge is -2.27. The molecular weight excluding hydrogens is 186 g/mol. The zero-order valence-corrected chi connectivity index (χ0v) is 9.48. The third-order valence-corrected chi connectivity index (χ3v) is 3.71. The fraction of sp³-hybridized carbons (Fsp3) is 0.538. The molecule has 0 aromatic heterocycles. The Morgan fingerprint density at radius 3 is 2.47 bits per heavy atom. The molecular formula is C13H19NO. The van der Waals surface area contributed by atoms with Gasteiger partial charge in [0, 0.05) is 12.1 Å². The van der Waals surface area contributed by atoms with E-state index in [1.807, 2.05) is 6.07 Å². The highest BCUT2D eigenvalue weighted by molar-refractivity contribution is 5.17. The lowest BCUT2D eigenvalue weighted by molar-refractivity contribution is 0.112. The van der Waals surface area contributed by atoms with Gasteiger partial charge in [-0.1, -0.05) is 37.3 Å². The second-order valence-electron chi connectivity index (χ2n) is 4.71. The SMILES string of the molecule is C[C@@H]1C[C@@]1(CO)N(C)Cc1ccccc1. The fourth-order valence-corrected chi connectivity index (χ4v) is 2.36. The van der Waals surface area contributed by atoms with Gasteiger partial charge < -0.3 is 5.11 Å². The molecule has 0 bridgehead atoms. The van der Waals surface area contributed by atoms with Gasteiger partial charge in [-0.05, 0) is 24.9 Å². The maximum Gasteiger partial charge on any atom is 0.0618 e. The summed E-state index contributed by atoms with van der Waals surface area (Å²) in [5.41, 5.74) is 1.36. The molecule has 15 heavy (non-hydrogen) atoms. The molecule has 0 radical (unpaired) electrons. The van der Waals surface area contributed by atoms with Gasteiger partial charge in [-0.15, -0.1) is 0 Å². The van der Waals surface area contributed by atoms with Crippen LogP contribution in [0.25, 0.3) is 0 Å². The molecule has 1 aliphatic rings. The van der Waals surface area contributed by atoms with Crippen LogP contribution in [-0.4, -0.2) is 29.2 Å². The number of rotatable bonds is 4. The topological polar surface area (TPSA) is 23.5 Å². The number of aliphatic hydroxyl groups excluding tert-OH is 1. The number of hydrogen-bond donors (Lipinski definition) is 1. The Hall–Kier alpha value is -0.860. The van der Waals surface area contributed by atoms with E-state index in [-0.39, 0.29) is 12.1 Å². The molecule has 1 aromatic carbocycles. The summed E-state index contributed by atoms with van der Waals surface area (Å²) in [6, 6.07) is 10.4. The van der Waals surface area contributed by atoms with Crippen LogP contribution in [0.1, 0.15) is 18.9 Å². The second-order valence-corrected chi connectivity index (χ2v) is 4.71. The van der Waals surface area contributed by atoms with E-state index in [2.05, 4.69) is 43.1 Å². The number of hydrogen-bond acceptors (Lipinski definition) is 2. The van der Waals surface area contributed by atoms with Gasteiger partial charge >= 0.3 is 0 Å². The molecule has 2 nitrogen and oxygen atoms in total. The predicted octanol–water partition coefficient (Wildman–Crippen LogP) is 1.89. The van der Waals surface area contributed by atoms with Crippen LogP contribution >= 0.6 is 0 Å². The summed E-state index contributed by atoms with van der Waals surface area (Å²) in [5, 5.41) is 9.43. The molecule has 1 aromatic rings. The van der Waals surface area contributed by atoms with Crippen LogP contribution < -0.4 is 0 Å².